The van der Waals surface area contributed by atoms with Crippen molar-refractivity contribution in [2.24, 2.45) is 11.8 Å². The molecule has 3 rings (SSSR count). The summed E-state index contributed by atoms with van der Waals surface area (Å²) in [6.07, 6.45) is 11.4. The Kier molecular flexibility index (Phi) is 5.38. The fourth-order valence-corrected chi connectivity index (χ4v) is 3.28. The van der Waals surface area contributed by atoms with Crippen LogP contribution in [0.1, 0.15) is 37.9 Å². The van der Waals surface area contributed by atoms with Gasteiger partial charge in [0.25, 0.3) is 0 Å². The molecule has 1 saturated carbocycles. The van der Waals surface area contributed by atoms with E-state index in [0.29, 0.717) is 35.3 Å². The third-order valence-corrected chi connectivity index (χ3v) is 4.72. The van der Waals surface area contributed by atoms with Crippen molar-refractivity contribution in [2.45, 2.75) is 38.6 Å². The number of nitrogen functional groups attached to an aromatic ring is 1. The summed E-state index contributed by atoms with van der Waals surface area (Å²) in [6.45, 7) is 0.364. The zero-order valence-corrected chi connectivity index (χ0v) is 14.7. The molecule has 2 N–H and O–H groups in total. The minimum absolute atomic E-state index is 0.0335. The molecule has 7 heteroatoms. The molecule has 0 radical (unpaired) electrons. The van der Waals surface area contributed by atoms with Gasteiger partial charge in [0, 0.05) is 6.42 Å². The molecule has 7 nitrogen and oxygen atoms in total. The summed E-state index contributed by atoms with van der Waals surface area (Å²) in [6, 6.07) is 0. The lowest BCUT2D eigenvalue weighted by Crippen LogP contribution is -2.22. The molecule has 26 heavy (non-hydrogen) atoms. The second-order valence-corrected chi connectivity index (χ2v) is 6.43. The van der Waals surface area contributed by atoms with Crippen molar-refractivity contribution in [3.8, 4) is 24.2 Å². The van der Waals surface area contributed by atoms with Crippen LogP contribution in [0, 0.1) is 36.0 Å². The molecule has 2 aromatic rings. The Morgan fingerprint density at radius 1 is 1.38 bits per heavy atom. The number of fused-ring (bicyclic) bond motifs is 1. The lowest BCUT2D eigenvalue weighted by Gasteiger charge is -2.25. The lowest BCUT2D eigenvalue weighted by molar-refractivity contribution is -0.146. The van der Waals surface area contributed by atoms with E-state index in [-0.39, 0.29) is 11.9 Å². The Bertz CT molecular complexity index is 908. The van der Waals surface area contributed by atoms with Gasteiger partial charge in [0.15, 0.2) is 11.5 Å². The molecule has 134 valence electrons. The van der Waals surface area contributed by atoms with E-state index < -0.39 is 0 Å². The SMILES string of the molecule is C#CCn1cnc2c(N)nc(C#CCC3CCC(C(=O)OC)CC3)nc21. The molecule has 0 aliphatic heterocycles. The summed E-state index contributed by atoms with van der Waals surface area (Å²) >= 11 is 0. The van der Waals surface area contributed by atoms with Gasteiger partial charge in [0.05, 0.1) is 25.9 Å². The van der Waals surface area contributed by atoms with Gasteiger partial charge in [-0.2, -0.15) is 0 Å². The molecule has 0 aromatic carbocycles. The van der Waals surface area contributed by atoms with E-state index >= 15 is 0 Å². The van der Waals surface area contributed by atoms with Crippen molar-refractivity contribution < 1.29 is 9.53 Å². The highest BCUT2D eigenvalue weighted by Crippen LogP contribution is 2.31. The molecule has 1 aliphatic carbocycles. The fraction of sp³-hybridized carbons (Fsp3) is 0.474. The normalized spacial score (nSPS) is 19.4. The van der Waals surface area contributed by atoms with Crippen molar-refractivity contribution in [1.29, 1.82) is 0 Å². The third kappa shape index (κ3) is 3.78. The Hall–Kier alpha value is -3.06. The largest absolute Gasteiger partial charge is 0.469 e. The number of terminal acetylenes is 1. The predicted molar refractivity (Wildman–Crippen MR) is 97.5 cm³/mol. The van der Waals surface area contributed by atoms with Crippen molar-refractivity contribution in [3.05, 3.63) is 12.2 Å². The zero-order chi connectivity index (χ0) is 18.5. The van der Waals surface area contributed by atoms with Crippen LogP contribution in [-0.4, -0.2) is 32.6 Å². The first-order valence-corrected chi connectivity index (χ1v) is 8.61. The molecular formula is C19H21N5O2. The van der Waals surface area contributed by atoms with E-state index in [0.717, 1.165) is 32.1 Å². The number of nitrogens with zero attached hydrogens (tertiary/aromatic N) is 4. The number of imidazole rings is 1. The van der Waals surface area contributed by atoms with Crippen LogP contribution in [0.4, 0.5) is 5.82 Å². The van der Waals surface area contributed by atoms with Crippen LogP contribution in [0.15, 0.2) is 6.33 Å². The topological polar surface area (TPSA) is 95.9 Å². The van der Waals surface area contributed by atoms with Gasteiger partial charge in [0.2, 0.25) is 5.82 Å². The van der Waals surface area contributed by atoms with Crippen LogP contribution >= 0.6 is 0 Å². The first-order valence-electron chi connectivity index (χ1n) is 8.61. The number of rotatable bonds is 3. The molecule has 2 heterocycles. The quantitative estimate of drug-likeness (QED) is 0.669. The second-order valence-electron chi connectivity index (χ2n) is 6.43. The highest BCUT2D eigenvalue weighted by Gasteiger charge is 2.26. The van der Waals surface area contributed by atoms with Crippen LogP contribution in [-0.2, 0) is 16.1 Å². The number of aromatic nitrogens is 4. The van der Waals surface area contributed by atoms with Crippen LogP contribution in [0.2, 0.25) is 0 Å². The lowest BCUT2D eigenvalue weighted by atomic mass is 9.81. The molecule has 0 unspecified atom stereocenters. The maximum absolute atomic E-state index is 11.6. The fourth-order valence-electron chi connectivity index (χ4n) is 3.28. The summed E-state index contributed by atoms with van der Waals surface area (Å²) in [5.41, 5.74) is 7.08. The number of hydrogen-bond acceptors (Lipinski definition) is 6. The van der Waals surface area contributed by atoms with Gasteiger partial charge in [-0.05, 0) is 37.5 Å². The van der Waals surface area contributed by atoms with Crippen LogP contribution in [0.25, 0.3) is 11.2 Å². The molecule has 1 fully saturated rings. The molecule has 0 atom stereocenters. The van der Waals surface area contributed by atoms with Gasteiger partial charge < -0.3 is 15.0 Å². The summed E-state index contributed by atoms with van der Waals surface area (Å²) in [4.78, 5) is 24.4. The number of esters is 1. The molecule has 2 aromatic heterocycles. The van der Waals surface area contributed by atoms with Gasteiger partial charge in [-0.15, -0.1) is 6.42 Å². The summed E-state index contributed by atoms with van der Waals surface area (Å²) in [7, 11) is 1.44. The predicted octanol–water partition coefficient (Wildman–Crippen LogP) is 1.76. The minimum Gasteiger partial charge on any atom is -0.469 e. The molecule has 0 saturated heterocycles. The standard InChI is InChI=1S/C19H21N5O2/c1-3-11-24-12-21-16-17(20)22-15(23-18(16)24)6-4-5-13-7-9-14(10-8-13)19(25)26-2/h1,12-14H,5,7-11H2,2H3,(H2,20,22,23). The van der Waals surface area contributed by atoms with E-state index in [2.05, 4.69) is 32.7 Å². The number of carbonyl (C=O) groups excluding carboxylic acids is 1. The van der Waals surface area contributed by atoms with Gasteiger partial charge in [-0.25, -0.2) is 15.0 Å². The van der Waals surface area contributed by atoms with Crippen molar-refractivity contribution in [3.63, 3.8) is 0 Å². The van der Waals surface area contributed by atoms with Crippen molar-refractivity contribution in [1.82, 2.24) is 19.5 Å². The molecule has 0 spiro atoms. The van der Waals surface area contributed by atoms with E-state index in [1.807, 2.05) is 0 Å². The Labute approximate surface area is 152 Å². The highest BCUT2D eigenvalue weighted by molar-refractivity contribution is 5.82. The minimum atomic E-state index is -0.102. The summed E-state index contributed by atoms with van der Waals surface area (Å²) in [5.74, 6) is 9.78. The monoisotopic (exact) mass is 351 g/mol. The average Bonchev–Trinajstić information content (AvgIpc) is 3.05. The number of methoxy groups -OCH3 is 1. The summed E-state index contributed by atoms with van der Waals surface area (Å²) in [5, 5.41) is 0. The first kappa shape index (κ1) is 17.8. The molecule has 0 bridgehead atoms. The van der Waals surface area contributed by atoms with Crippen molar-refractivity contribution >= 4 is 23.0 Å². The molecule has 1 aliphatic rings. The van der Waals surface area contributed by atoms with Gasteiger partial charge >= 0.3 is 5.97 Å². The zero-order valence-electron chi connectivity index (χ0n) is 14.7. The Morgan fingerprint density at radius 2 is 2.15 bits per heavy atom. The molecule has 0 amide bonds. The van der Waals surface area contributed by atoms with Crippen LogP contribution in [0.5, 0.6) is 0 Å². The third-order valence-electron chi connectivity index (χ3n) is 4.72. The van der Waals surface area contributed by atoms with E-state index in [1.54, 1.807) is 10.9 Å². The smallest absolute Gasteiger partial charge is 0.308 e. The number of nitrogens with two attached hydrogens (primary N) is 1. The van der Waals surface area contributed by atoms with E-state index in [9.17, 15) is 4.79 Å². The Balaban J connectivity index is 1.66. The highest BCUT2D eigenvalue weighted by atomic mass is 16.5. The summed E-state index contributed by atoms with van der Waals surface area (Å²) < 4.78 is 6.56. The Morgan fingerprint density at radius 3 is 2.85 bits per heavy atom. The maximum Gasteiger partial charge on any atom is 0.308 e. The number of anilines is 1. The van der Waals surface area contributed by atoms with Crippen molar-refractivity contribution in [2.75, 3.05) is 12.8 Å². The van der Waals surface area contributed by atoms with Crippen LogP contribution in [0.3, 0.4) is 0 Å². The van der Waals surface area contributed by atoms with Gasteiger partial charge in [-0.3, -0.25) is 4.79 Å². The maximum atomic E-state index is 11.6. The number of ether oxygens (including phenoxy) is 1. The van der Waals surface area contributed by atoms with Crippen LogP contribution < -0.4 is 5.73 Å². The second kappa shape index (κ2) is 7.88. The van der Waals surface area contributed by atoms with E-state index in [4.69, 9.17) is 16.9 Å². The number of hydrogen-bond donors (Lipinski definition) is 1. The molecular weight excluding hydrogens is 330 g/mol. The van der Waals surface area contributed by atoms with Gasteiger partial charge in [0.1, 0.15) is 5.52 Å². The van der Waals surface area contributed by atoms with E-state index in [1.165, 1.54) is 7.11 Å². The first-order chi connectivity index (χ1) is 12.6. The number of carbonyl (C=O) groups is 1. The average molecular weight is 351 g/mol. The van der Waals surface area contributed by atoms with Gasteiger partial charge in [-0.1, -0.05) is 11.8 Å².